The Labute approximate surface area is 231 Å². The Balaban J connectivity index is 1.17. The summed E-state index contributed by atoms with van der Waals surface area (Å²) in [5, 5.41) is 24.3. The molecule has 0 aliphatic heterocycles. The van der Waals surface area contributed by atoms with Gasteiger partial charge in [-0.2, -0.15) is 9.78 Å². The van der Waals surface area contributed by atoms with Crippen molar-refractivity contribution in [3.63, 3.8) is 0 Å². The van der Waals surface area contributed by atoms with E-state index in [4.69, 9.17) is 23.2 Å². The van der Waals surface area contributed by atoms with E-state index >= 15 is 0 Å². The Morgan fingerprint density at radius 3 is 2.54 bits per heavy atom. The first-order valence-corrected chi connectivity index (χ1v) is 13.8. The smallest absolute Gasteiger partial charge is 0.358 e. The molecule has 4 aliphatic rings. The molecule has 0 radical (unpaired) electrons. The molecule has 1 amide bonds. The number of nitrogens with one attached hydrogen (secondary N) is 1. The van der Waals surface area contributed by atoms with E-state index in [0.29, 0.717) is 45.0 Å². The number of nitrogens with zero attached hydrogens (tertiary/aromatic N) is 5. The van der Waals surface area contributed by atoms with Gasteiger partial charge in [0.25, 0.3) is 0 Å². The van der Waals surface area contributed by atoms with Crippen molar-refractivity contribution in [1.82, 2.24) is 19.6 Å². The van der Waals surface area contributed by atoms with Gasteiger partial charge in [-0.15, -0.1) is 0 Å². The number of hydrogen-bond donors (Lipinski definition) is 1. The molecule has 4 saturated carbocycles. The summed E-state index contributed by atoms with van der Waals surface area (Å²) in [5.74, 6) is 0.802. The van der Waals surface area contributed by atoms with Crippen molar-refractivity contribution in [1.29, 1.82) is 0 Å². The molecule has 1 N–H and O–H groups in total. The summed E-state index contributed by atoms with van der Waals surface area (Å²) >= 11 is 15.9. The van der Waals surface area contributed by atoms with E-state index in [-0.39, 0.29) is 22.7 Å². The van der Waals surface area contributed by atoms with Gasteiger partial charge < -0.3 is 15.4 Å². The van der Waals surface area contributed by atoms with E-state index in [2.05, 4.69) is 31.4 Å². The molecule has 1 aromatic carbocycles. The molecule has 2 heterocycles. The Bertz CT molecular complexity index is 1370. The maximum atomic E-state index is 13.3. The number of hydrogen-bond acceptors (Lipinski definition) is 5. The second-order valence-corrected chi connectivity index (χ2v) is 12.7. The number of aromatic nitrogens is 4. The van der Waals surface area contributed by atoms with Crippen LogP contribution in [-0.4, -0.2) is 30.4 Å². The predicted molar refractivity (Wildman–Crippen MR) is 143 cm³/mol. The zero-order valence-electron chi connectivity index (χ0n) is 19.9. The molecule has 4 aliphatic carbocycles. The van der Waals surface area contributed by atoms with Crippen LogP contribution in [0.15, 0.2) is 41.3 Å². The number of carbonyl (C=O) groups excluding carboxylic acids is 1. The van der Waals surface area contributed by atoms with Gasteiger partial charge in [-0.1, -0.05) is 29.3 Å². The average Bonchev–Trinajstić information content (AvgIpc) is 3.41. The van der Waals surface area contributed by atoms with Crippen LogP contribution in [0.25, 0.3) is 0 Å². The van der Waals surface area contributed by atoms with Gasteiger partial charge in [-0.05, 0) is 88.8 Å². The zero-order valence-corrected chi connectivity index (χ0v) is 23.0. The normalized spacial score (nSPS) is 28.0. The van der Waals surface area contributed by atoms with Crippen molar-refractivity contribution in [3.05, 3.63) is 67.0 Å². The first-order chi connectivity index (χ1) is 17.6. The number of nitro groups is 1. The molecule has 0 saturated heterocycles. The van der Waals surface area contributed by atoms with Crippen LogP contribution in [0.5, 0.6) is 0 Å². The predicted octanol–water partition coefficient (Wildman–Crippen LogP) is 6.43. The molecule has 2 atom stereocenters. The summed E-state index contributed by atoms with van der Waals surface area (Å²) in [7, 11) is 0. The van der Waals surface area contributed by atoms with Crippen LogP contribution < -0.4 is 5.32 Å². The number of anilines is 1. The minimum atomic E-state index is -0.454. The summed E-state index contributed by atoms with van der Waals surface area (Å²) in [6.45, 7) is 0.399. The number of benzene rings is 1. The SMILES string of the molecule is O=C(CC12CC3CC(C1)CC(n1cc(Br)c([N+](=O)[O-])n1)(C3)C2)Nc1cnn(Cc2c(Cl)cccc2Cl)c1. The van der Waals surface area contributed by atoms with E-state index < -0.39 is 4.92 Å². The fourth-order valence-electron chi connectivity index (χ4n) is 7.49. The van der Waals surface area contributed by atoms with Crippen molar-refractivity contribution in [2.45, 2.75) is 57.0 Å². The van der Waals surface area contributed by atoms with Crippen molar-refractivity contribution >= 4 is 56.5 Å². The highest BCUT2D eigenvalue weighted by atomic mass is 79.9. The Kier molecular flexibility index (Phi) is 6.12. The van der Waals surface area contributed by atoms with Crippen molar-refractivity contribution in [3.8, 4) is 0 Å². The summed E-state index contributed by atoms with van der Waals surface area (Å²) in [4.78, 5) is 24.2. The Morgan fingerprint density at radius 1 is 1.19 bits per heavy atom. The number of rotatable bonds is 7. The van der Waals surface area contributed by atoms with E-state index in [0.717, 1.165) is 44.1 Å². The molecule has 3 aromatic rings. The third kappa shape index (κ3) is 4.57. The molecular weight excluding hydrogens is 583 g/mol. The molecule has 12 heteroatoms. The summed E-state index contributed by atoms with van der Waals surface area (Å²) in [6, 6.07) is 5.37. The summed E-state index contributed by atoms with van der Waals surface area (Å²) in [5.41, 5.74) is 0.985. The first-order valence-electron chi connectivity index (χ1n) is 12.3. The van der Waals surface area contributed by atoms with Crippen molar-refractivity contribution < 1.29 is 9.72 Å². The molecule has 2 unspecified atom stereocenters. The van der Waals surface area contributed by atoms with Crippen LogP contribution in [-0.2, 0) is 16.9 Å². The monoisotopic (exact) mass is 606 g/mol. The lowest BCUT2D eigenvalue weighted by Gasteiger charge is -2.61. The molecule has 4 bridgehead atoms. The van der Waals surface area contributed by atoms with Crippen molar-refractivity contribution in [2.75, 3.05) is 5.32 Å². The van der Waals surface area contributed by atoms with Crippen LogP contribution in [0.2, 0.25) is 10.0 Å². The average molecular weight is 608 g/mol. The van der Waals surface area contributed by atoms with E-state index in [9.17, 15) is 14.9 Å². The topological polar surface area (TPSA) is 108 Å². The lowest BCUT2D eigenvalue weighted by molar-refractivity contribution is -0.390. The van der Waals surface area contributed by atoms with E-state index in [1.165, 1.54) is 0 Å². The fourth-order valence-corrected chi connectivity index (χ4v) is 8.43. The maximum absolute atomic E-state index is 13.3. The molecular formula is C25H25BrCl2N6O3. The molecule has 194 valence electrons. The number of amides is 1. The number of halogens is 3. The van der Waals surface area contributed by atoms with Crippen LogP contribution in [0.3, 0.4) is 0 Å². The highest BCUT2D eigenvalue weighted by molar-refractivity contribution is 9.10. The van der Waals surface area contributed by atoms with E-state index in [1.54, 1.807) is 41.5 Å². The zero-order chi connectivity index (χ0) is 25.9. The fraction of sp³-hybridized carbons (Fsp3) is 0.480. The lowest BCUT2D eigenvalue weighted by Crippen LogP contribution is -2.57. The van der Waals surface area contributed by atoms with Crippen molar-refractivity contribution in [2.24, 2.45) is 17.3 Å². The molecule has 7 rings (SSSR count). The number of carbonyl (C=O) groups is 1. The maximum Gasteiger partial charge on any atom is 0.404 e. The van der Waals surface area contributed by atoms with Gasteiger partial charge in [0.05, 0.1) is 35.3 Å². The Hall–Kier alpha value is -2.43. The van der Waals surface area contributed by atoms with Crippen LogP contribution in [0.4, 0.5) is 11.5 Å². The van der Waals surface area contributed by atoms with Gasteiger partial charge in [0.15, 0.2) is 0 Å². The quantitative estimate of drug-likeness (QED) is 0.246. The van der Waals surface area contributed by atoms with E-state index in [1.807, 2.05) is 4.68 Å². The Morgan fingerprint density at radius 2 is 1.89 bits per heavy atom. The summed E-state index contributed by atoms with van der Waals surface area (Å²) in [6.07, 6.45) is 11.4. The highest BCUT2D eigenvalue weighted by Gasteiger charge is 2.60. The minimum absolute atomic E-state index is 0.0416. The van der Waals surface area contributed by atoms with Gasteiger partial charge in [0, 0.05) is 28.2 Å². The lowest BCUT2D eigenvalue weighted by atomic mass is 9.46. The molecule has 2 aromatic heterocycles. The third-order valence-electron chi connectivity index (χ3n) is 8.30. The first kappa shape index (κ1) is 24.9. The van der Waals surface area contributed by atoms with Crippen LogP contribution in [0, 0.1) is 27.4 Å². The molecule has 0 spiro atoms. The second kappa shape index (κ2) is 9.10. The standard InChI is InChI=1S/C25H25BrCl2N6O3/c26-19-13-33(31-23(19)34(36)37)25-7-15-4-16(8-25)6-24(5-15,14-25)9-22(35)30-17-10-29-32(11-17)12-18-20(27)2-1-3-21(18)28/h1-3,10-11,13,15-16H,4-9,12,14H2,(H,30,35). The largest absolute Gasteiger partial charge is 0.404 e. The van der Waals surface area contributed by atoms with Gasteiger partial charge in [-0.3, -0.25) is 9.48 Å². The van der Waals surface area contributed by atoms with Crippen LogP contribution >= 0.6 is 39.1 Å². The van der Waals surface area contributed by atoms with Gasteiger partial charge in [-0.25, -0.2) is 0 Å². The minimum Gasteiger partial charge on any atom is -0.358 e. The third-order valence-corrected chi connectivity index (χ3v) is 9.56. The molecule has 9 nitrogen and oxygen atoms in total. The highest BCUT2D eigenvalue weighted by Crippen LogP contribution is 2.65. The van der Waals surface area contributed by atoms with Crippen LogP contribution in [0.1, 0.15) is 50.5 Å². The summed E-state index contributed by atoms with van der Waals surface area (Å²) < 4.78 is 3.92. The van der Waals surface area contributed by atoms with Gasteiger partial charge in [0.2, 0.25) is 5.91 Å². The second-order valence-electron chi connectivity index (χ2n) is 11.0. The molecule has 37 heavy (non-hydrogen) atoms. The van der Waals surface area contributed by atoms with Gasteiger partial charge >= 0.3 is 5.82 Å². The molecule has 4 fully saturated rings. The van der Waals surface area contributed by atoms with Gasteiger partial charge in [0.1, 0.15) is 4.47 Å².